The number of carbonyl (C=O) groups is 1. The van der Waals surface area contributed by atoms with Crippen LogP contribution in [-0.2, 0) is 20.6 Å². The molecule has 32 heavy (non-hydrogen) atoms. The van der Waals surface area contributed by atoms with Gasteiger partial charge in [-0.25, -0.2) is 9.18 Å². The van der Waals surface area contributed by atoms with Gasteiger partial charge in [0, 0.05) is 31.8 Å². The fraction of sp³-hybridized carbons (Fsp3) is 0.182. The van der Waals surface area contributed by atoms with Crippen LogP contribution in [0.2, 0.25) is 5.02 Å². The van der Waals surface area contributed by atoms with Crippen molar-refractivity contribution in [2.24, 2.45) is 14.1 Å². The van der Waals surface area contributed by atoms with E-state index in [1.54, 1.807) is 44.4 Å². The van der Waals surface area contributed by atoms with Crippen molar-refractivity contribution in [3.63, 3.8) is 0 Å². The van der Waals surface area contributed by atoms with E-state index in [4.69, 9.17) is 11.6 Å². The van der Waals surface area contributed by atoms with Crippen LogP contribution in [0.3, 0.4) is 0 Å². The molecule has 2 aromatic carbocycles. The molecule has 0 aliphatic rings. The Labute approximate surface area is 192 Å². The van der Waals surface area contributed by atoms with Crippen molar-refractivity contribution < 1.29 is 9.18 Å². The molecular formula is C22H19ClFN5O2S. The minimum absolute atomic E-state index is 0.0741. The molecule has 0 radical (unpaired) electrons. The Morgan fingerprint density at radius 2 is 1.81 bits per heavy atom. The van der Waals surface area contributed by atoms with Gasteiger partial charge in [-0.15, -0.1) is 16.8 Å². The number of hydrogen-bond acceptors (Lipinski definition) is 5. The highest BCUT2D eigenvalue weighted by Gasteiger charge is 2.19. The van der Waals surface area contributed by atoms with Gasteiger partial charge in [0.2, 0.25) is 0 Å². The number of allylic oxidation sites excluding steroid dienone is 1. The van der Waals surface area contributed by atoms with Crippen LogP contribution in [0, 0.1) is 5.82 Å². The summed E-state index contributed by atoms with van der Waals surface area (Å²) in [5.41, 5.74) is 2.13. The number of aryl methyl sites for hydroxylation is 2. The molecule has 0 fully saturated rings. The maximum Gasteiger partial charge on any atom is 0.328 e. The van der Waals surface area contributed by atoms with Gasteiger partial charge in [-0.2, -0.15) is 0 Å². The summed E-state index contributed by atoms with van der Waals surface area (Å²) in [5, 5.41) is 9.22. The van der Waals surface area contributed by atoms with E-state index in [0.717, 1.165) is 0 Å². The van der Waals surface area contributed by atoms with E-state index in [2.05, 4.69) is 16.8 Å². The van der Waals surface area contributed by atoms with Crippen LogP contribution in [-0.4, -0.2) is 35.4 Å². The fourth-order valence-electron chi connectivity index (χ4n) is 3.44. The maximum absolute atomic E-state index is 13.3. The molecule has 10 heteroatoms. The van der Waals surface area contributed by atoms with E-state index in [1.165, 1.54) is 33.0 Å². The third-order valence-electron chi connectivity index (χ3n) is 5.12. The van der Waals surface area contributed by atoms with E-state index in [9.17, 15) is 14.0 Å². The van der Waals surface area contributed by atoms with Crippen LogP contribution in [0.1, 0.15) is 10.4 Å². The number of Topliss-reactive ketones (excluding diaryl/α,β-unsaturated/α-hetero) is 1. The molecule has 7 nitrogen and oxygen atoms in total. The SMILES string of the molecule is C=CCn1c(SCC(=O)c2cc3c(cc2Cl)n(C)c(=O)n3C)nnc1-c1ccc(F)cc1. The largest absolute Gasteiger partial charge is 0.328 e. The molecule has 2 aromatic heterocycles. The van der Waals surface area contributed by atoms with E-state index in [1.807, 2.05) is 4.57 Å². The molecule has 0 amide bonds. The summed E-state index contributed by atoms with van der Waals surface area (Å²) in [6, 6.07) is 9.22. The third kappa shape index (κ3) is 3.89. The number of hydrogen-bond donors (Lipinski definition) is 0. The lowest BCUT2D eigenvalue weighted by Crippen LogP contribution is -2.19. The zero-order valence-corrected chi connectivity index (χ0v) is 19.0. The fourth-order valence-corrected chi connectivity index (χ4v) is 4.54. The highest BCUT2D eigenvalue weighted by atomic mass is 35.5. The van der Waals surface area contributed by atoms with Crippen molar-refractivity contribution in [2.45, 2.75) is 11.7 Å². The summed E-state index contributed by atoms with van der Waals surface area (Å²) < 4.78 is 18.0. The van der Waals surface area contributed by atoms with Crippen LogP contribution >= 0.6 is 23.4 Å². The number of aromatic nitrogens is 5. The molecule has 0 bridgehead atoms. The Hall–Kier alpha value is -3.17. The second-order valence-corrected chi connectivity index (χ2v) is 8.50. The number of halogens is 2. The molecule has 0 atom stereocenters. The van der Waals surface area contributed by atoms with Crippen molar-refractivity contribution >= 4 is 40.2 Å². The van der Waals surface area contributed by atoms with Crippen molar-refractivity contribution in [1.82, 2.24) is 23.9 Å². The topological polar surface area (TPSA) is 74.7 Å². The van der Waals surface area contributed by atoms with Gasteiger partial charge in [0.05, 0.1) is 21.8 Å². The van der Waals surface area contributed by atoms with E-state index >= 15 is 0 Å². The Morgan fingerprint density at radius 1 is 1.16 bits per heavy atom. The number of imidazole rings is 1. The number of thioether (sulfide) groups is 1. The number of nitrogens with zero attached hydrogens (tertiary/aromatic N) is 5. The molecule has 4 aromatic rings. The third-order valence-corrected chi connectivity index (χ3v) is 6.40. The number of rotatable bonds is 7. The average Bonchev–Trinajstić information content (AvgIpc) is 3.27. The standard InChI is InChI=1S/C22H19ClFN5O2S/c1-4-9-29-20(13-5-7-14(24)8-6-13)25-26-21(29)32-12-19(30)15-10-17-18(11-16(15)23)28(3)22(31)27(17)2/h4-8,10-11H,1,9,12H2,2-3H3. The second-order valence-electron chi connectivity index (χ2n) is 7.15. The summed E-state index contributed by atoms with van der Waals surface area (Å²) >= 11 is 7.58. The molecule has 0 saturated carbocycles. The lowest BCUT2D eigenvalue weighted by atomic mass is 10.1. The van der Waals surface area contributed by atoms with Gasteiger partial charge < -0.3 is 0 Å². The monoisotopic (exact) mass is 471 g/mol. The maximum atomic E-state index is 13.3. The molecule has 0 aliphatic heterocycles. The molecule has 0 aliphatic carbocycles. The van der Waals surface area contributed by atoms with E-state index < -0.39 is 0 Å². The minimum Gasteiger partial charge on any atom is -0.298 e. The van der Waals surface area contributed by atoms with Crippen molar-refractivity contribution in [3.8, 4) is 11.4 Å². The smallest absolute Gasteiger partial charge is 0.298 e. The summed E-state index contributed by atoms with van der Waals surface area (Å²) in [5.74, 6) is 0.0896. The highest BCUT2D eigenvalue weighted by Crippen LogP contribution is 2.28. The molecular weight excluding hydrogens is 453 g/mol. The highest BCUT2D eigenvalue weighted by molar-refractivity contribution is 7.99. The van der Waals surface area contributed by atoms with Gasteiger partial charge in [0.15, 0.2) is 16.8 Å². The average molecular weight is 472 g/mol. The van der Waals surface area contributed by atoms with E-state index in [-0.39, 0.29) is 28.1 Å². The van der Waals surface area contributed by atoms with Gasteiger partial charge in [0.1, 0.15) is 5.82 Å². The van der Waals surface area contributed by atoms with Gasteiger partial charge in [0.25, 0.3) is 0 Å². The Morgan fingerprint density at radius 3 is 2.47 bits per heavy atom. The predicted molar refractivity (Wildman–Crippen MR) is 124 cm³/mol. The summed E-state index contributed by atoms with van der Waals surface area (Å²) in [6.45, 7) is 4.19. The number of fused-ring (bicyclic) bond motifs is 1. The first-order valence-electron chi connectivity index (χ1n) is 9.62. The van der Waals surface area contributed by atoms with Crippen LogP contribution in [0.15, 0.2) is 59.0 Å². The first kappa shape index (κ1) is 22.0. The summed E-state index contributed by atoms with van der Waals surface area (Å²) in [6.07, 6.45) is 1.70. The number of benzene rings is 2. The Balaban J connectivity index is 1.61. The first-order chi connectivity index (χ1) is 15.3. The van der Waals surface area contributed by atoms with E-state index in [0.29, 0.717) is 39.7 Å². The predicted octanol–water partition coefficient (Wildman–Crippen LogP) is 4.09. The minimum atomic E-state index is -0.339. The first-order valence-corrected chi connectivity index (χ1v) is 11.0. The van der Waals surface area contributed by atoms with Gasteiger partial charge in [-0.3, -0.25) is 18.5 Å². The summed E-state index contributed by atoms with van der Waals surface area (Å²) in [4.78, 5) is 25.1. The molecule has 0 spiro atoms. The quantitative estimate of drug-likeness (QED) is 0.230. The lowest BCUT2D eigenvalue weighted by Gasteiger charge is -2.08. The lowest BCUT2D eigenvalue weighted by molar-refractivity contribution is 0.102. The van der Waals surface area contributed by atoms with Crippen LogP contribution in [0.5, 0.6) is 0 Å². The molecule has 4 rings (SSSR count). The zero-order valence-electron chi connectivity index (χ0n) is 17.4. The van der Waals surface area contributed by atoms with Gasteiger partial charge in [-0.05, 0) is 36.4 Å². The van der Waals surface area contributed by atoms with Crippen LogP contribution < -0.4 is 5.69 Å². The van der Waals surface area contributed by atoms with Crippen molar-refractivity contribution in [1.29, 1.82) is 0 Å². The molecule has 164 valence electrons. The summed E-state index contributed by atoms with van der Waals surface area (Å²) in [7, 11) is 3.31. The molecule has 2 heterocycles. The normalized spacial score (nSPS) is 11.2. The van der Waals surface area contributed by atoms with Crippen molar-refractivity contribution in [2.75, 3.05) is 5.75 Å². The van der Waals surface area contributed by atoms with Crippen LogP contribution in [0.25, 0.3) is 22.4 Å². The van der Waals surface area contributed by atoms with Crippen molar-refractivity contribution in [3.05, 3.63) is 75.9 Å². The molecule has 0 N–H and O–H groups in total. The van der Waals surface area contributed by atoms with Gasteiger partial charge >= 0.3 is 5.69 Å². The van der Waals surface area contributed by atoms with Gasteiger partial charge in [-0.1, -0.05) is 29.4 Å². The Kier molecular flexibility index (Phi) is 6.03. The molecule has 0 saturated heterocycles. The number of carbonyl (C=O) groups excluding carboxylic acids is 1. The second kappa shape index (κ2) is 8.76. The zero-order chi connectivity index (χ0) is 23.0. The number of ketones is 1. The van der Waals surface area contributed by atoms with Crippen LogP contribution in [0.4, 0.5) is 4.39 Å². The molecule has 0 unspecified atom stereocenters. The Bertz CT molecular complexity index is 1400.